The van der Waals surface area contributed by atoms with Crippen molar-refractivity contribution in [3.8, 4) is 0 Å². The molecule has 24 heavy (non-hydrogen) atoms. The number of aromatic nitrogens is 3. The van der Waals surface area contributed by atoms with Crippen LogP contribution in [0, 0.1) is 0 Å². The van der Waals surface area contributed by atoms with Crippen molar-refractivity contribution in [1.29, 1.82) is 0 Å². The first kappa shape index (κ1) is 15.1. The fraction of sp³-hybridized carbons (Fsp3) is 0.353. The fourth-order valence-corrected chi connectivity index (χ4v) is 4.07. The van der Waals surface area contributed by atoms with E-state index in [-0.39, 0.29) is 11.9 Å². The molecule has 1 fully saturated rings. The molecule has 0 saturated carbocycles. The van der Waals surface area contributed by atoms with Crippen molar-refractivity contribution in [3.05, 3.63) is 41.7 Å². The number of nitrogens with one attached hydrogen (secondary N) is 1. The minimum atomic E-state index is -0.0360. The van der Waals surface area contributed by atoms with Gasteiger partial charge in [-0.05, 0) is 30.4 Å². The zero-order valence-electron chi connectivity index (χ0n) is 13.5. The van der Waals surface area contributed by atoms with Gasteiger partial charge in [-0.2, -0.15) is 5.10 Å². The molecule has 1 aliphatic heterocycles. The van der Waals surface area contributed by atoms with Crippen LogP contribution in [0.2, 0.25) is 0 Å². The highest BCUT2D eigenvalue weighted by molar-refractivity contribution is 7.17. The minimum Gasteiger partial charge on any atom is -0.370 e. The lowest BCUT2D eigenvalue weighted by atomic mass is 10.0. The van der Waals surface area contributed by atoms with E-state index in [1.54, 1.807) is 28.4 Å². The number of rotatable bonds is 3. The van der Waals surface area contributed by atoms with Gasteiger partial charge < -0.3 is 10.2 Å². The zero-order chi connectivity index (χ0) is 16.5. The standard InChI is InChI=1S/C17H19N5OS/c1-21-11-12(10-19-21)17(23)20-13-3-7-22(8-4-13)15-2-6-18-14-5-9-24-16(14)15/h2,5-6,9-11,13H,3-4,7-8H2,1H3,(H,20,23). The average Bonchev–Trinajstić information content (AvgIpc) is 3.24. The van der Waals surface area contributed by atoms with Gasteiger partial charge in [0.1, 0.15) is 0 Å². The van der Waals surface area contributed by atoms with Gasteiger partial charge in [0.15, 0.2) is 0 Å². The highest BCUT2D eigenvalue weighted by atomic mass is 32.1. The second kappa shape index (κ2) is 6.24. The van der Waals surface area contributed by atoms with E-state index in [0.717, 1.165) is 31.4 Å². The van der Waals surface area contributed by atoms with Crippen molar-refractivity contribution < 1.29 is 4.79 Å². The Balaban J connectivity index is 1.40. The van der Waals surface area contributed by atoms with Crippen molar-refractivity contribution in [2.45, 2.75) is 18.9 Å². The van der Waals surface area contributed by atoms with E-state index in [1.165, 1.54) is 10.4 Å². The van der Waals surface area contributed by atoms with Gasteiger partial charge >= 0.3 is 0 Å². The Morgan fingerprint density at radius 1 is 1.33 bits per heavy atom. The number of hydrogen-bond donors (Lipinski definition) is 1. The third kappa shape index (κ3) is 2.87. The topological polar surface area (TPSA) is 63.1 Å². The van der Waals surface area contributed by atoms with Crippen LogP contribution in [-0.4, -0.2) is 39.8 Å². The lowest BCUT2D eigenvalue weighted by Gasteiger charge is -2.34. The van der Waals surface area contributed by atoms with Gasteiger partial charge in [-0.1, -0.05) is 0 Å². The van der Waals surface area contributed by atoms with Crippen LogP contribution in [0.1, 0.15) is 23.2 Å². The number of fused-ring (bicyclic) bond motifs is 1. The van der Waals surface area contributed by atoms with Crippen molar-refractivity contribution in [2.75, 3.05) is 18.0 Å². The van der Waals surface area contributed by atoms with E-state index in [0.29, 0.717) is 5.56 Å². The molecule has 3 aromatic rings. The molecule has 3 aromatic heterocycles. The Kier molecular flexibility index (Phi) is 3.93. The first-order chi connectivity index (χ1) is 11.7. The van der Waals surface area contributed by atoms with Gasteiger partial charge in [0, 0.05) is 38.6 Å². The molecule has 0 spiro atoms. The number of aryl methyl sites for hydroxylation is 1. The smallest absolute Gasteiger partial charge is 0.254 e. The van der Waals surface area contributed by atoms with E-state index < -0.39 is 0 Å². The number of hydrogen-bond acceptors (Lipinski definition) is 5. The minimum absolute atomic E-state index is 0.0360. The van der Waals surface area contributed by atoms with Gasteiger partial charge in [-0.25, -0.2) is 0 Å². The summed E-state index contributed by atoms with van der Waals surface area (Å²) in [6, 6.07) is 4.37. The van der Waals surface area contributed by atoms with Crippen LogP contribution >= 0.6 is 11.3 Å². The van der Waals surface area contributed by atoms with E-state index in [4.69, 9.17) is 0 Å². The molecule has 1 saturated heterocycles. The molecule has 6 nitrogen and oxygen atoms in total. The lowest BCUT2D eigenvalue weighted by molar-refractivity contribution is 0.0931. The Morgan fingerprint density at radius 3 is 2.92 bits per heavy atom. The molecular formula is C17H19N5OS. The maximum absolute atomic E-state index is 12.2. The van der Waals surface area contributed by atoms with E-state index in [9.17, 15) is 4.79 Å². The molecule has 0 aliphatic carbocycles. The van der Waals surface area contributed by atoms with Crippen LogP contribution in [0.4, 0.5) is 5.69 Å². The van der Waals surface area contributed by atoms with E-state index in [1.807, 2.05) is 13.2 Å². The Bertz CT molecular complexity index is 863. The summed E-state index contributed by atoms with van der Waals surface area (Å²) in [4.78, 5) is 19.0. The first-order valence-corrected chi connectivity index (χ1v) is 8.95. The SMILES string of the molecule is Cn1cc(C(=O)NC2CCN(c3ccnc4ccsc34)CC2)cn1. The van der Waals surface area contributed by atoms with Gasteiger partial charge in [0.25, 0.3) is 5.91 Å². The number of nitrogens with zero attached hydrogens (tertiary/aromatic N) is 4. The molecule has 124 valence electrons. The van der Waals surface area contributed by atoms with Gasteiger partial charge in [-0.15, -0.1) is 11.3 Å². The number of anilines is 1. The third-order valence-electron chi connectivity index (χ3n) is 4.46. The number of pyridine rings is 1. The summed E-state index contributed by atoms with van der Waals surface area (Å²) in [5.74, 6) is -0.0360. The predicted molar refractivity (Wildman–Crippen MR) is 95.5 cm³/mol. The molecule has 4 rings (SSSR count). The number of carbonyl (C=O) groups excluding carboxylic acids is 1. The monoisotopic (exact) mass is 341 g/mol. The number of amides is 1. The maximum Gasteiger partial charge on any atom is 0.254 e. The zero-order valence-corrected chi connectivity index (χ0v) is 14.3. The van der Waals surface area contributed by atoms with Crippen LogP contribution in [0.5, 0.6) is 0 Å². The van der Waals surface area contributed by atoms with Crippen molar-refractivity contribution in [2.24, 2.45) is 7.05 Å². The Labute approximate surface area is 144 Å². The van der Waals surface area contributed by atoms with Crippen molar-refractivity contribution in [3.63, 3.8) is 0 Å². The second-order valence-corrected chi connectivity index (χ2v) is 7.02. The molecule has 1 aliphatic rings. The van der Waals surface area contributed by atoms with E-state index >= 15 is 0 Å². The molecule has 0 atom stereocenters. The van der Waals surface area contributed by atoms with Gasteiger partial charge in [0.05, 0.1) is 27.7 Å². The predicted octanol–water partition coefficient (Wildman–Crippen LogP) is 2.43. The highest BCUT2D eigenvalue weighted by Crippen LogP contribution is 2.31. The van der Waals surface area contributed by atoms with Gasteiger partial charge in [0.2, 0.25) is 0 Å². The highest BCUT2D eigenvalue weighted by Gasteiger charge is 2.23. The second-order valence-electron chi connectivity index (χ2n) is 6.10. The summed E-state index contributed by atoms with van der Waals surface area (Å²) in [5.41, 5.74) is 2.94. The van der Waals surface area contributed by atoms with E-state index in [2.05, 4.69) is 37.8 Å². The summed E-state index contributed by atoms with van der Waals surface area (Å²) in [5, 5.41) is 9.26. The summed E-state index contributed by atoms with van der Waals surface area (Å²) in [6.45, 7) is 1.88. The molecule has 0 radical (unpaired) electrons. The van der Waals surface area contributed by atoms with Crippen molar-refractivity contribution in [1.82, 2.24) is 20.1 Å². The van der Waals surface area contributed by atoms with Crippen LogP contribution < -0.4 is 10.2 Å². The average molecular weight is 341 g/mol. The molecular weight excluding hydrogens is 322 g/mol. The summed E-state index contributed by atoms with van der Waals surface area (Å²) in [6.07, 6.45) is 7.12. The normalized spacial score (nSPS) is 15.8. The van der Waals surface area contributed by atoms with Crippen LogP contribution in [0.3, 0.4) is 0 Å². The third-order valence-corrected chi connectivity index (χ3v) is 5.39. The molecule has 0 unspecified atom stereocenters. The molecule has 1 N–H and O–H groups in total. The first-order valence-electron chi connectivity index (χ1n) is 8.07. The number of piperidine rings is 1. The maximum atomic E-state index is 12.2. The van der Waals surface area contributed by atoms with Gasteiger partial charge in [-0.3, -0.25) is 14.5 Å². The summed E-state index contributed by atoms with van der Waals surface area (Å²) in [7, 11) is 1.81. The summed E-state index contributed by atoms with van der Waals surface area (Å²) < 4.78 is 2.89. The molecule has 1 amide bonds. The molecule has 0 bridgehead atoms. The van der Waals surface area contributed by atoms with Crippen LogP contribution in [0.15, 0.2) is 36.1 Å². The Hall–Kier alpha value is -2.41. The quantitative estimate of drug-likeness (QED) is 0.795. The van der Waals surface area contributed by atoms with Crippen molar-refractivity contribution >= 4 is 33.1 Å². The van der Waals surface area contributed by atoms with Crippen LogP contribution in [-0.2, 0) is 7.05 Å². The Morgan fingerprint density at radius 2 is 2.17 bits per heavy atom. The largest absolute Gasteiger partial charge is 0.370 e. The molecule has 4 heterocycles. The summed E-state index contributed by atoms with van der Waals surface area (Å²) >= 11 is 1.74. The fourth-order valence-electron chi connectivity index (χ4n) is 3.18. The number of carbonyl (C=O) groups is 1. The lowest BCUT2D eigenvalue weighted by Crippen LogP contribution is -2.44. The molecule has 0 aromatic carbocycles. The molecule has 7 heteroatoms. The number of thiophene rings is 1. The van der Waals surface area contributed by atoms with Crippen LogP contribution in [0.25, 0.3) is 10.2 Å².